The largest absolute Gasteiger partial charge is 0.396 e. The van der Waals surface area contributed by atoms with Gasteiger partial charge in [0.2, 0.25) is 0 Å². The van der Waals surface area contributed by atoms with E-state index >= 15 is 0 Å². The quantitative estimate of drug-likeness (QED) is 0.792. The molecular weight excluding hydrogens is 184 g/mol. The summed E-state index contributed by atoms with van der Waals surface area (Å²) in [6.45, 7) is 4.47. The molecule has 0 saturated carbocycles. The SMILES string of the molecule is CC(C)c1ccc(Cl)cc1CCO. The molecule has 1 N–H and O–H groups in total. The lowest BCUT2D eigenvalue weighted by Gasteiger charge is -2.11. The minimum Gasteiger partial charge on any atom is -0.396 e. The third-order valence-electron chi connectivity index (χ3n) is 2.11. The molecule has 0 fully saturated rings. The Bertz CT molecular complexity index is 281. The van der Waals surface area contributed by atoms with Crippen molar-refractivity contribution in [1.82, 2.24) is 0 Å². The zero-order valence-corrected chi connectivity index (χ0v) is 8.80. The fraction of sp³-hybridized carbons (Fsp3) is 0.455. The van der Waals surface area contributed by atoms with Crippen LogP contribution >= 0.6 is 11.6 Å². The maximum atomic E-state index is 8.87. The molecule has 0 radical (unpaired) electrons. The lowest BCUT2D eigenvalue weighted by molar-refractivity contribution is 0.299. The Hall–Kier alpha value is -0.530. The number of rotatable bonds is 3. The molecule has 72 valence electrons. The van der Waals surface area contributed by atoms with Crippen molar-refractivity contribution >= 4 is 11.6 Å². The van der Waals surface area contributed by atoms with Gasteiger partial charge in [-0.2, -0.15) is 0 Å². The van der Waals surface area contributed by atoms with Gasteiger partial charge in [0.05, 0.1) is 0 Å². The average molecular weight is 199 g/mol. The normalized spacial score (nSPS) is 10.8. The highest BCUT2D eigenvalue weighted by Gasteiger charge is 2.06. The summed E-state index contributed by atoms with van der Waals surface area (Å²) in [4.78, 5) is 0. The number of benzene rings is 1. The van der Waals surface area contributed by atoms with Crippen LogP contribution in [-0.2, 0) is 6.42 Å². The standard InChI is InChI=1S/C11H15ClO/c1-8(2)11-4-3-10(12)7-9(11)5-6-13/h3-4,7-8,13H,5-6H2,1-2H3. The van der Waals surface area contributed by atoms with Crippen LogP contribution in [0.2, 0.25) is 5.02 Å². The summed E-state index contributed by atoms with van der Waals surface area (Å²) >= 11 is 5.88. The first-order valence-corrected chi connectivity index (χ1v) is 4.92. The van der Waals surface area contributed by atoms with Gasteiger partial charge in [0.25, 0.3) is 0 Å². The summed E-state index contributed by atoms with van der Waals surface area (Å²) in [5.41, 5.74) is 2.43. The van der Waals surface area contributed by atoms with Gasteiger partial charge in [0, 0.05) is 11.6 Å². The Kier molecular flexibility index (Phi) is 3.76. The van der Waals surface area contributed by atoms with E-state index in [1.54, 1.807) is 0 Å². The summed E-state index contributed by atoms with van der Waals surface area (Å²) in [5, 5.41) is 9.62. The Morgan fingerprint density at radius 2 is 2.08 bits per heavy atom. The molecule has 0 aliphatic heterocycles. The molecule has 0 aliphatic rings. The topological polar surface area (TPSA) is 20.2 Å². The minimum atomic E-state index is 0.181. The first-order valence-electron chi connectivity index (χ1n) is 4.54. The fourth-order valence-corrected chi connectivity index (χ4v) is 1.67. The molecule has 0 amide bonds. The van der Waals surface area contributed by atoms with E-state index in [1.165, 1.54) is 5.56 Å². The van der Waals surface area contributed by atoms with Gasteiger partial charge in [-0.3, -0.25) is 0 Å². The van der Waals surface area contributed by atoms with Crippen LogP contribution in [0.4, 0.5) is 0 Å². The van der Waals surface area contributed by atoms with Gasteiger partial charge in [-0.25, -0.2) is 0 Å². The van der Waals surface area contributed by atoms with Gasteiger partial charge in [-0.1, -0.05) is 31.5 Å². The van der Waals surface area contributed by atoms with Gasteiger partial charge in [0.1, 0.15) is 0 Å². The van der Waals surface area contributed by atoms with Gasteiger partial charge in [0.15, 0.2) is 0 Å². The zero-order valence-electron chi connectivity index (χ0n) is 8.05. The van der Waals surface area contributed by atoms with Crippen molar-refractivity contribution in [1.29, 1.82) is 0 Å². The van der Waals surface area contributed by atoms with Crippen LogP contribution in [0.5, 0.6) is 0 Å². The Morgan fingerprint density at radius 1 is 1.38 bits per heavy atom. The molecule has 0 atom stereocenters. The highest BCUT2D eigenvalue weighted by Crippen LogP contribution is 2.23. The van der Waals surface area contributed by atoms with E-state index in [2.05, 4.69) is 13.8 Å². The molecule has 0 saturated heterocycles. The van der Waals surface area contributed by atoms with E-state index in [0.717, 1.165) is 10.6 Å². The van der Waals surface area contributed by atoms with Gasteiger partial charge < -0.3 is 5.11 Å². The molecule has 0 heterocycles. The molecule has 0 unspecified atom stereocenters. The smallest absolute Gasteiger partial charge is 0.0471 e. The first kappa shape index (κ1) is 10.6. The van der Waals surface area contributed by atoms with Crippen molar-refractivity contribution < 1.29 is 5.11 Å². The summed E-state index contributed by atoms with van der Waals surface area (Å²) in [7, 11) is 0. The number of hydrogen-bond donors (Lipinski definition) is 1. The Balaban J connectivity index is 3.03. The molecule has 0 aromatic heterocycles. The van der Waals surface area contributed by atoms with E-state index in [1.807, 2.05) is 18.2 Å². The number of aliphatic hydroxyl groups is 1. The lowest BCUT2D eigenvalue weighted by Crippen LogP contribution is -1.99. The second-order valence-electron chi connectivity index (χ2n) is 3.47. The van der Waals surface area contributed by atoms with Crippen molar-refractivity contribution in [3.05, 3.63) is 34.3 Å². The molecular formula is C11H15ClO. The van der Waals surface area contributed by atoms with Gasteiger partial charge in [-0.05, 0) is 35.6 Å². The summed E-state index contributed by atoms with van der Waals surface area (Å²) in [6, 6.07) is 5.88. The minimum absolute atomic E-state index is 0.181. The Morgan fingerprint density at radius 3 is 2.62 bits per heavy atom. The van der Waals surface area contributed by atoms with Gasteiger partial charge >= 0.3 is 0 Å². The van der Waals surface area contributed by atoms with Crippen LogP contribution in [0.1, 0.15) is 30.9 Å². The maximum absolute atomic E-state index is 8.87. The van der Waals surface area contributed by atoms with Gasteiger partial charge in [-0.15, -0.1) is 0 Å². The second kappa shape index (κ2) is 4.64. The van der Waals surface area contributed by atoms with Crippen LogP contribution in [-0.4, -0.2) is 11.7 Å². The number of halogens is 1. The molecule has 0 bridgehead atoms. The van der Waals surface area contributed by atoms with Crippen molar-refractivity contribution in [2.75, 3.05) is 6.61 Å². The summed E-state index contributed by atoms with van der Waals surface area (Å²) in [6.07, 6.45) is 0.689. The highest BCUT2D eigenvalue weighted by atomic mass is 35.5. The fourth-order valence-electron chi connectivity index (χ4n) is 1.47. The second-order valence-corrected chi connectivity index (χ2v) is 3.91. The van der Waals surface area contributed by atoms with E-state index in [9.17, 15) is 0 Å². The third kappa shape index (κ3) is 2.71. The first-order chi connectivity index (χ1) is 6.15. The molecule has 0 aliphatic carbocycles. The molecule has 13 heavy (non-hydrogen) atoms. The molecule has 1 aromatic rings. The van der Waals surface area contributed by atoms with Crippen LogP contribution in [0, 0.1) is 0 Å². The van der Waals surface area contributed by atoms with E-state index < -0.39 is 0 Å². The van der Waals surface area contributed by atoms with Crippen LogP contribution in [0.25, 0.3) is 0 Å². The van der Waals surface area contributed by atoms with E-state index in [4.69, 9.17) is 16.7 Å². The summed E-state index contributed by atoms with van der Waals surface area (Å²) < 4.78 is 0. The maximum Gasteiger partial charge on any atom is 0.0471 e. The molecule has 0 spiro atoms. The number of hydrogen-bond acceptors (Lipinski definition) is 1. The van der Waals surface area contributed by atoms with Crippen LogP contribution < -0.4 is 0 Å². The number of aliphatic hydroxyl groups excluding tert-OH is 1. The summed E-state index contributed by atoms with van der Waals surface area (Å²) in [5.74, 6) is 0.485. The average Bonchev–Trinajstić information content (AvgIpc) is 2.04. The molecule has 1 rings (SSSR count). The monoisotopic (exact) mass is 198 g/mol. The predicted molar refractivity (Wildman–Crippen MR) is 56.3 cm³/mol. The van der Waals surface area contributed by atoms with Crippen molar-refractivity contribution in [3.63, 3.8) is 0 Å². The van der Waals surface area contributed by atoms with Crippen molar-refractivity contribution in [2.24, 2.45) is 0 Å². The van der Waals surface area contributed by atoms with E-state index in [0.29, 0.717) is 12.3 Å². The lowest BCUT2D eigenvalue weighted by atomic mass is 9.96. The predicted octanol–water partition coefficient (Wildman–Crippen LogP) is 3.00. The molecule has 1 aromatic carbocycles. The van der Waals surface area contributed by atoms with E-state index in [-0.39, 0.29) is 6.61 Å². The molecule has 2 heteroatoms. The van der Waals surface area contributed by atoms with Crippen LogP contribution in [0.3, 0.4) is 0 Å². The zero-order chi connectivity index (χ0) is 9.84. The molecule has 1 nitrogen and oxygen atoms in total. The van der Waals surface area contributed by atoms with Crippen molar-refractivity contribution in [3.8, 4) is 0 Å². The van der Waals surface area contributed by atoms with Crippen LogP contribution in [0.15, 0.2) is 18.2 Å². The van der Waals surface area contributed by atoms with Crippen molar-refractivity contribution in [2.45, 2.75) is 26.2 Å². The third-order valence-corrected chi connectivity index (χ3v) is 2.34. The Labute approximate surface area is 84.4 Å². The highest BCUT2D eigenvalue weighted by molar-refractivity contribution is 6.30.